The molecule has 0 aromatic heterocycles. The summed E-state index contributed by atoms with van der Waals surface area (Å²) in [4.78, 5) is 38.3. The zero-order valence-corrected chi connectivity index (χ0v) is 51.9. The Morgan fingerprint density at radius 1 is 0.269 bits per heavy atom. The van der Waals surface area contributed by atoms with Crippen LogP contribution in [0.15, 0.2) is 72.9 Å². The average Bonchev–Trinajstić information content (AvgIpc) is 3.44. The summed E-state index contributed by atoms with van der Waals surface area (Å²) in [6.45, 7) is 6.54. The highest BCUT2D eigenvalue weighted by Gasteiger charge is 2.19. The van der Waals surface area contributed by atoms with Gasteiger partial charge in [0.05, 0.1) is 0 Å². The third-order valence-electron chi connectivity index (χ3n) is 14.9. The number of carbonyl (C=O) groups excluding carboxylic acids is 3. The molecule has 0 heterocycles. The highest BCUT2D eigenvalue weighted by atomic mass is 16.6. The van der Waals surface area contributed by atoms with Crippen LogP contribution in [0.3, 0.4) is 0 Å². The van der Waals surface area contributed by atoms with E-state index in [1.807, 2.05) is 0 Å². The van der Waals surface area contributed by atoms with E-state index in [9.17, 15) is 14.4 Å². The molecule has 1 atom stereocenters. The van der Waals surface area contributed by atoms with Gasteiger partial charge in [-0.1, -0.05) is 312 Å². The lowest BCUT2D eigenvalue weighted by Gasteiger charge is -2.18. The van der Waals surface area contributed by atoms with E-state index in [0.29, 0.717) is 19.3 Å². The standard InChI is InChI=1S/C72H128O6/c1-4-7-10-13-16-19-22-25-27-29-31-32-33-34-35-36-37-38-39-40-42-43-45-47-50-53-56-59-62-65-71(74)77-68-69(67-76-70(73)64-61-58-55-52-49-24-21-18-15-12-9-6-3)78-72(75)66-63-60-57-54-51-48-46-44-41-30-28-26-23-20-17-14-11-8-5-2/h8,11,17,20,26,28-29,31,41,44,48,51,69H,4-7,9-10,12-16,18-19,21-25,27,30,32-40,42-43,45-47,49-50,52-68H2,1-3H3/b11-8-,20-17-,28-26-,31-29-,44-41-,51-48-. The number of allylic oxidation sites excluding steroid dienone is 12. The summed E-state index contributed by atoms with van der Waals surface area (Å²) in [6, 6.07) is 0. The average molecular weight is 1090 g/mol. The second-order valence-corrected chi connectivity index (χ2v) is 22.7. The Hall–Kier alpha value is -3.15. The molecule has 0 aromatic rings. The third-order valence-corrected chi connectivity index (χ3v) is 14.9. The summed E-state index contributed by atoms with van der Waals surface area (Å²) in [5.41, 5.74) is 0. The lowest BCUT2D eigenvalue weighted by molar-refractivity contribution is -0.167. The van der Waals surface area contributed by atoms with E-state index >= 15 is 0 Å². The predicted molar refractivity (Wildman–Crippen MR) is 339 cm³/mol. The lowest BCUT2D eigenvalue weighted by Crippen LogP contribution is -2.30. The topological polar surface area (TPSA) is 78.9 Å². The zero-order chi connectivity index (χ0) is 56.4. The normalized spacial score (nSPS) is 12.5. The van der Waals surface area contributed by atoms with Crippen molar-refractivity contribution in [2.75, 3.05) is 13.2 Å². The molecule has 6 heteroatoms. The third kappa shape index (κ3) is 63.7. The first-order valence-corrected chi connectivity index (χ1v) is 33.9. The maximum atomic E-state index is 12.9. The largest absolute Gasteiger partial charge is 0.462 e. The molecule has 1 unspecified atom stereocenters. The Kier molecular flexibility index (Phi) is 63.7. The van der Waals surface area contributed by atoms with Crippen LogP contribution in [0.4, 0.5) is 0 Å². The minimum absolute atomic E-state index is 0.0851. The van der Waals surface area contributed by atoms with Gasteiger partial charge in [-0.3, -0.25) is 14.4 Å². The summed E-state index contributed by atoms with van der Waals surface area (Å²) in [5.74, 6) is -0.900. The lowest BCUT2D eigenvalue weighted by atomic mass is 10.0. The summed E-state index contributed by atoms with van der Waals surface area (Å²) < 4.78 is 16.9. The molecule has 0 aliphatic rings. The molecule has 0 saturated heterocycles. The minimum atomic E-state index is -0.791. The number of rotatable bonds is 62. The van der Waals surface area contributed by atoms with Crippen molar-refractivity contribution < 1.29 is 28.6 Å². The van der Waals surface area contributed by atoms with Gasteiger partial charge in [0, 0.05) is 19.3 Å². The van der Waals surface area contributed by atoms with Crippen LogP contribution in [0.5, 0.6) is 0 Å². The Morgan fingerprint density at radius 3 is 0.808 bits per heavy atom. The van der Waals surface area contributed by atoms with Gasteiger partial charge >= 0.3 is 17.9 Å². The van der Waals surface area contributed by atoms with Crippen LogP contribution in [0.25, 0.3) is 0 Å². The number of carbonyl (C=O) groups is 3. The van der Waals surface area contributed by atoms with Crippen molar-refractivity contribution in [1.82, 2.24) is 0 Å². The molecule has 0 bridgehead atoms. The van der Waals surface area contributed by atoms with Crippen molar-refractivity contribution >= 4 is 17.9 Å². The molecule has 0 aliphatic carbocycles. The second kappa shape index (κ2) is 66.4. The molecular weight excluding hydrogens is 961 g/mol. The summed E-state index contributed by atoms with van der Waals surface area (Å²) in [6.07, 6.45) is 86.5. The van der Waals surface area contributed by atoms with Crippen LogP contribution in [-0.4, -0.2) is 37.2 Å². The van der Waals surface area contributed by atoms with Gasteiger partial charge in [-0.2, -0.15) is 0 Å². The Labute approximate surface area is 484 Å². The molecule has 0 N–H and O–H groups in total. The van der Waals surface area contributed by atoms with Crippen LogP contribution in [-0.2, 0) is 28.6 Å². The monoisotopic (exact) mass is 1090 g/mol. The van der Waals surface area contributed by atoms with E-state index in [1.165, 1.54) is 212 Å². The van der Waals surface area contributed by atoms with E-state index in [0.717, 1.165) is 96.3 Å². The van der Waals surface area contributed by atoms with Crippen LogP contribution in [0.2, 0.25) is 0 Å². The fourth-order valence-electron chi connectivity index (χ4n) is 9.88. The molecule has 6 nitrogen and oxygen atoms in total. The number of unbranched alkanes of at least 4 members (excludes halogenated alkanes) is 39. The van der Waals surface area contributed by atoms with E-state index in [4.69, 9.17) is 14.2 Å². The zero-order valence-electron chi connectivity index (χ0n) is 51.9. The molecule has 0 rings (SSSR count). The van der Waals surface area contributed by atoms with Gasteiger partial charge in [0.25, 0.3) is 0 Å². The van der Waals surface area contributed by atoms with Gasteiger partial charge in [0.15, 0.2) is 6.10 Å². The summed E-state index contributed by atoms with van der Waals surface area (Å²) in [5, 5.41) is 0. The highest BCUT2D eigenvalue weighted by molar-refractivity contribution is 5.71. The molecule has 0 saturated carbocycles. The number of hydrogen-bond donors (Lipinski definition) is 0. The van der Waals surface area contributed by atoms with E-state index in [-0.39, 0.29) is 31.1 Å². The van der Waals surface area contributed by atoms with Crippen LogP contribution < -0.4 is 0 Å². The molecule has 0 aromatic carbocycles. The van der Waals surface area contributed by atoms with Gasteiger partial charge < -0.3 is 14.2 Å². The SMILES string of the molecule is CC/C=C\C/C=C\C/C=C\C/C=C\C/C=C\CCCCCC(=O)OC(COC(=O)CCCCCCCCCCCCCC)COC(=O)CCCCCCCCCCCCCCCCCCC/C=C\CCCCCCCCCC. The predicted octanol–water partition coefficient (Wildman–Crippen LogP) is 23.3. The smallest absolute Gasteiger partial charge is 0.306 e. The molecule has 0 aliphatic heterocycles. The quantitative estimate of drug-likeness (QED) is 0.0261. The maximum absolute atomic E-state index is 12.9. The summed E-state index contributed by atoms with van der Waals surface area (Å²) in [7, 11) is 0. The van der Waals surface area contributed by atoms with Crippen molar-refractivity contribution in [3.8, 4) is 0 Å². The van der Waals surface area contributed by atoms with Crippen LogP contribution in [0.1, 0.15) is 348 Å². The molecular formula is C72H128O6. The molecule has 0 spiro atoms. The second-order valence-electron chi connectivity index (χ2n) is 22.7. The van der Waals surface area contributed by atoms with E-state index in [1.54, 1.807) is 0 Å². The maximum Gasteiger partial charge on any atom is 0.306 e. The van der Waals surface area contributed by atoms with Crippen molar-refractivity contribution in [3.63, 3.8) is 0 Å². The van der Waals surface area contributed by atoms with Gasteiger partial charge in [0.1, 0.15) is 13.2 Å². The van der Waals surface area contributed by atoms with Crippen molar-refractivity contribution in [3.05, 3.63) is 72.9 Å². The summed E-state index contributed by atoms with van der Waals surface area (Å²) >= 11 is 0. The minimum Gasteiger partial charge on any atom is -0.462 e. The molecule has 452 valence electrons. The van der Waals surface area contributed by atoms with Gasteiger partial charge in [0.2, 0.25) is 0 Å². The van der Waals surface area contributed by atoms with Gasteiger partial charge in [-0.05, 0) is 89.9 Å². The van der Waals surface area contributed by atoms with Crippen molar-refractivity contribution in [2.24, 2.45) is 0 Å². The first-order chi connectivity index (χ1) is 38.5. The first kappa shape index (κ1) is 74.8. The number of esters is 3. The number of hydrogen-bond acceptors (Lipinski definition) is 6. The van der Waals surface area contributed by atoms with E-state index < -0.39 is 6.10 Å². The fourth-order valence-corrected chi connectivity index (χ4v) is 9.88. The first-order valence-electron chi connectivity index (χ1n) is 33.9. The molecule has 78 heavy (non-hydrogen) atoms. The van der Waals surface area contributed by atoms with E-state index in [2.05, 4.69) is 93.7 Å². The van der Waals surface area contributed by atoms with Crippen LogP contribution >= 0.6 is 0 Å². The Bertz CT molecular complexity index is 1440. The number of ether oxygens (including phenoxy) is 3. The van der Waals surface area contributed by atoms with Crippen molar-refractivity contribution in [1.29, 1.82) is 0 Å². The molecule has 0 amide bonds. The van der Waals surface area contributed by atoms with Crippen LogP contribution in [0, 0.1) is 0 Å². The highest BCUT2D eigenvalue weighted by Crippen LogP contribution is 2.17. The van der Waals surface area contributed by atoms with Gasteiger partial charge in [-0.15, -0.1) is 0 Å². The Balaban J connectivity index is 4.23. The Morgan fingerprint density at radius 2 is 0.500 bits per heavy atom. The molecule has 0 radical (unpaired) electrons. The van der Waals surface area contributed by atoms with Crippen molar-refractivity contribution in [2.45, 2.75) is 354 Å². The fraction of sp³-hybridized carbons (Fsp3) is 0.792. The molecule has 0 fully saturated rings. The van der Waals surface area contributed by atoms with Gasteiger partial charge in [-0.25, -0.2) is 0 Å².